The fraction of sp³-hybridized carbons (Fsp3) is 0.444. The largest absolute Gasteiger partial charge is 0.497 e. The molecule has 4 aromatic rings. The van der Waals surface area contributed by atoms with E-state index in [0.29, 0.717) is 43.4 Å². The molecule has 0 aromatic heterocycles. The maximum absolute atomic E-state index is 13.6. The van der Waals surface area contributed by atoms with Gasteiger partial charge in [-0.1, -0.05) is 72.8 Å². The van der Waals surface area contributed by atoms with Gasteiger partial charge < -0.3 is 34.1 Å². The van der Waals surface area contributed by atoms with Gasteiger partial charge >= 0.3 is 30.3 Å². The fourth-order valence-electron chi connectivity index (χ4n) is 10.0. The van der Waals surface area contributed by atoms with Gasteiger partial charge in [-0.15, -0.1) is 0 Å². The third kappa shape index (κ3) is 11.5. The molecule has 4 aliphatic rings. The van der Waals surface area contributed by atoms with Gasteiger partial charge in [0.25, 0.3) is 5.91 Å². The van der Waals surface area contributed by atoms with Crippen LogP contribution in [-0.4, -0.2) is 94.2 Å². The molecule has 16 heteroatoms. The number of aliphatic carboxylic acids is 1. The number of carbonyl (C=O) groups excluding carboxylic acids is 5. The number of nitrogens with zero attached hydrogens (tertiary/aromatic N) is 2. The topological polar surface area (TPSA) is 187 Å². The quantitative estimate of drug-likeness (QED) is 0.126. The van der Waals surface area contributed by atoms with Crippen LogP contribution in [0.4, 0.5) is 19.2 Å². The average Bonchev–Trinajstić information content (AvgIpc) is 3.74. The second-order valence-electron chi connectivity index (χ2n) is 20.2. The minimum atomic E-state index is -1.49. The summed E-state index contributed by atoms with van der Waals surface area (Å²) < 4.78 is 27.0. The number of carboxylic acids is 1. The number of rotatable bonds is 8. The molecule has 0 atom stereocenters. The summed E-state index contributed by atoms with van der Waals surface area (Å²) in [4.78, 5) is 79.1. The Bertz CT molecular complexity index is 2540. The van der Waals surface area contributed by atoms with Crippen molar-refractivity contribution in [1.29, 1.82) is 0 Å². The van der Waals surface area contributed by atoms with Crippen LogP contribution in [0.15, 0.2) is 97.1 Å². The number of carbonyl (C=O) groups is 6. The van der Waals surface area contributed by atoms with Crippen molar-refractivity contribution in [2.75, 3.05) is 20.8 Å². The number of ether oxygens (including phenoxy) is 5. The van der Waals surface area contributed by atoms with Crippen LogP contribution in [0.3, 0.4) is 0 Å². The normalized spacial score (nSPS) is 21.8. The number of imide groups is 4. The molecule has 1 heterocycles. The van der Waals surface area contributed by atoms with Crippen LogP contribution in [-0.2, 0) is 23.8 Å². The molecule has 370 valence electrons. The maximum Gasteiger partial charge on any atom is 0.425 e. The molecule has 70 heavy (non-hydrogen) atoms. The second-order valence-corrected chi connectivity index (χ2v) is 20.2. The number of fused-ring (bicyclic) bond motifs is 3. The van der Waals surface area contributed by atoms with Crippen LogP contribution in [0.1, 0.15) is 133 Å². The van der Waals surface area contributed by atoms with Crippen LogP contribution >= 0.6 is 0 Å². The number of benzene rings is 4. The van der Waals surface area contributed by atoms with Gasteiger partial charge in [0.15, 0.2) is 0 Å². The summed E-state index contributed by atoms with van der Waals surface area (Å²) in [6.07, 6.45) is 0.750. The second kappa shape index (κ2) is 21.6. The summed E-state index contributed by atoms with van der Waals surface area (Å²) in [6.45, 7) is 10.1. The molecule has 4 aromatic carbocycles. The summed E-state index contributed by atoms with van der Waals surface area (Å²) >= 11 is 0. The number of hydrogen-bond donors (Lipinski definition) is 2. The number of nitrogens with one attached hydrogen (secondary N) is 1. The van der Waals surface area contributed by atoms with Gasteiger partial charge in [-0.25, -0.2) is 28.9 Å². The first-order chi connectivity index (χ1) is 32.7. The number of hydrogen-bond acceptors (Lipinski definition) is 11. The SMILES string of the molecule is COc1cccc(C2CCC(NC(=O)OCC3c4ccccc4-c4ccccc43)(C(=O)O)CC2)c1.COc1cccc(C2CCC3(CC2)C(=O)N(C(=O)OC(C)(C)C)C(=O)N3C(=O)OC(C)(C)C)c1.[U]. The molecular formula is C54H63N3O12U. The Kier molecular flexibility index (Phi) is 16.5. The van der Waals surface area contributed by atoms with Crippen LogP contribution < -0.4 is 14.8 Å². The van der Waals surface area contributed by atoms with E-state index in [2.05, 4.69) is 29.6 Å². The van der Waals surface area contributed by atoms with Crippen LogP contribution in [0.2, 0.25) is 0 Å². The summed E-state index contributed by atoms with van der Waals surface area (Å²) in [6, 6.07) is 30.8. The minimum absolute atomic E-state index is 0. The van der Waals surface area contributed by atoms with Crippen molar-refractivity contribution in [1.82, 2.24) is 15.1 Å². The van der Waals surface area contributed by atoms with Gasteiger partial charge in [-0.3, -0.25) is 4.79 Å². The molecule has 3 fully saturated rings. The molecule has 1 spiro atoms. The maximum atomic E-state index is 13.6. The summed E-state index contributed by atoms with van der Waals surface area (Å²) in [5.74, 6) is 0.0156. The Morgan fingerprint density at radius 1 is 0.657 bits per heavy atom. The predicted molar refractivity (Wildman–Crippen MR) is 256 cm³/mol. The first kappa shape index (κ1) is 53.5. The van der Waals surface area contributed by atoms with E-state index in [1.165, 1.54) is 0 Å². The van der Waals surface area contributed by atoms with Gasteiger partial charge in [-0.05, 0) is 162 Å². The smallest absolute Gasteiger partial charge is 0.425 e. The molecule has 1 saturated heterocycles. The van der Waals surface area contributed by atoms with E-state index in [-0.39, 0.29) is 68.3 Å². The van der Waals surface area contributed by atoms with Crippen LogP contribution in [0, 0.1) is 31.1 Å². The van der Waals surface area contributed by atoms with E-state index in [4.69, 9.17) is 23.7 Å². The Hall–Kier alpha value is -5.85. The average molecular weight is 1180 g/mol. The standard InChI is InChI=1S/C29H29NO5.C25H34N2O7.U/c1-34-21-8-6-7-20(17-21)19-13-15-29(16-14-19,27(31)32)30-28(33)35-18-26-24-11-4-2-9-22(24)23-10-3-5-12-25(23)26;1-23(2,3)33-21(30)26-19(28)25(27(20(26)29)22(31)34-24(4,5)6)13-11-16(12-14-25)17-9-8-10-18(15-17)32-7;/h2-12,17,19,26H,13-16,18H2,1H3,(H,30,33)(H,31,32);8-10,15-16H,11-14H2,1-7H3;. The number of methoxy groups -OCH3 is 2. The monoisotopic (exact) mass is 1180 g/mol. The van der Waals surface area contributed by atoms with Crippen LogP contribution in [0.25, 0.3) is 11.1 Å². The summed E-state index contributed by atoms with van der Waals surface area (Å²) in [5.41, 5.74) is 2.09. The van der Waals surface area contributed by atoms with Crippen molar-refractivity contribution in [3.8, 4) is 22.6 Å². The molecule has 1 aliphatic heterocycles. The van der Waals surface area contributed by atoms with Gasteiger partial charge in [0.05, 0.1) is 14.2 Å². The van der Waals surface area contributed by atoms with Gasteiger partial charge in [0.2, 0.25) is 0 Å². The van der Waals surface area contributed by atoms with Crippen molar-refractivity contribution in [2.24, 2.45) is 0 Å². The van der Waals surface area contributed by atoms with E-state index in [9.17, 15) is 33.9 Å². The Morgan fingerprint density at radius 2 is 1.11 bits per heavy atom. The van der Waals surface area contributed by atoms with E-state index in [1.807, 2.05) is 72.8 Å². The molecule has 3 aliphatic carbocycles. The zero-order valence-electron chi connectivity index (χ0n) is 41.2. The molecule has 15 nitrogen and oxygen atoms in total. The number of amides is 6. The molecular weight excluding hydrogens is 1120 g/mol. The van der Waals surface area contributed by atoms with Gasteiger partial charge in [0, 0.05) is 37.0 Å². The van der Waals surface area contributed by atoms with Gasteiger partial charge in [-0.2, -0.15) is 4.90 Å². The number of carboxylic acid groups (broad SMARTS) is 1. The molecule has 6 amide bonds. The number of alkyl carbamates (subject to hydrolysis) is 1. The molecule has 0 bridgehead atoms. The molecule has 2 saturated carbocycles. The van der Waals surface area contributed by atoms with Gasteiger partial charge in [0.1, 0.15) is 40.4 Å². The Balaban J connectivity index is 0.000000227. The molecule has 2 N–H and O–H groups in total. The van der Waals surface area contributed by atoms with Crippen molar-refractivity contribution in [3.63, 3.8) is 0 Å². The van der Waals surface area contributed by atoms with Crippen LogP contribution in [0.5, 0.6) is 11.5 Å². The molecule has 0 radical (unpaired) electrons. The first-order valence-electron chi connectivity index (χ1n) is 23.5. The summed E-state index contributed by atoms with van der Waals surface area (Å²) in [7, 11) is 3.23. The predicted octanol–water partition coefficient (Wildman–Crippen LogP) is 10.9. The van der Waals surface area contributed by atoms with Crippen molar-refractivity contribution in [2.45, 2.75) is 133 Å². The zero-order valence-corrected chi connectivity index (χ0v) is 45.3. The first-order valence-corrected chi connectivity index (χ1v) is 23.5. The van der Waals surface area contributed by atoms with E-state index in [0.717, 1.165) is 49.8 Å². The van der Waals surface area contributed by atoms with Crippen molar-refractivity contribution >= 4 is 36.2 Å². The van der Waals surface area contributed by atoms with Crippen molar-refractivity contribution < 1.29 is 88.7 Å². The number of urea groups is 1. The minimum Gasteiger partial charge on any atom is -0.497 e. The Labute approximate surface area is 433 Å². The third-order valence-corrected chi connectivity index (χ3v) is 13.4. The zero-order chi connectivity index (χ0) is 49.9. The fourth-order valence-corrected chi connectivity index (χ4v) is 10.0. The van der Waals surface area contributed by atoms with Crippen molar-refractivity contribution in [3.05, 3.63) is 119 Å². The third-order valence-electron chi connectivity index (χ3n) is 13.4. The molecule has 8 rings (SSSR count). The van der Waals surface area contributed by atoms with E-state index >= 15 is 0 Å². The van der Waals surface area contributed by atoms with E-state index in [1.54, 1.807) is 55.8 Å². The molecule has 0 unspecified atom stereocenters. The Morgan fingerprint density at radius 3 is 1.57 bits per heavy atom. The summed E-state index contributed by atoms with van der Waals surface area (Å²) in [5, 5.41) is 12.7. The van der Waals surface area contributed by atoms with E-state index < -0.39 is 58.5 Å².